The molecule has 43 heavy (non-hydrogen) atoms. The number of hydrogen-bond acceptors (Lipinski definition) is 4. The van der Waals surface area contributed by atoms with Crippen LogP contribution in [-0.2, 0) is 0 Å². The summed E-state index contributed by atoms with van der Waals surface area (Å²) < 4.78 is 6.39. The van der Waals surface area contributed by atoms with Crippen molar-refractivity contribution in [1.82, 2.24) is 15.0 Å². The molecule has 0 aliphatic carbocycles. The van der Waals surface area contributed by atoms with E-state index in [2.05, 4.69) is 84.9 Å². The third-order valence-corrected chi connectivity index (χ3v) is 7.74. The summed E-state index contributed by atoms with van der Waals surface area (Å²) in [6.45, 7) is 0. The second-order valence-electron chi connectivity index (χ2n) is 10.5. The molecule has 8 rings (SSSR count). The predicted molar refractivity (Wildman–Crippen MR) is 174 cm³/mol. The van der Waals surface area contributed by atoms with Gasteiger partial charge in [0, 0.05) is 27.5 Å². The van der Waals surface area contributed by atoms with Crippen LogP contribution in [0.5, 0.6) is 0 Å². The molecule has 0 atom stereocenters. The molecular weight excluding hydrogens is 526 g/mol. The van der Waals surface area contributed by atoms with Crippen molar-refractivity contribution in [2.45, 2.75) is 0 Å². The van der Waals surface area contributed by atoms with Crippen LogP contribution in [0.15, 0.2) is 156 Å². The molecule has 0 unspecified atom stereocenters. The number of nitrogens with zero attached hydrogens (tertiary/aromatic N) is 3. The van der Waals surface area contributed by atoms with E-state index in [0.29, 0.717) is 17.5 Å². The lowest BCUT2D eigenvalue weighted by Crippen LogP contribution is -2.00. The number of fused-ring (bicyclic) bond motifs is 3. The van der Waals surface area contributed by atoms with Gasteiger partial charge in [-0.05, 0) is 40.5 Å². The molecule has 0 saturated carbocycles. The van der Waals surface area contributed by atoms with Gasteiger partial charge in [-0.2, -0.15) is 0 Å². The van der Waals surface area contributed by atoms with Gasteiger partial charge in [-0.1, -0.05) is 133 Å². The summed E-state index contributed by atoms with van der Waals surface area (Å²) in [4.78, 5) is 15.0. The van der Waals surface area contributed by atoms with Crippen LogP contribution < -0.4 is 0 Å². The van der Waals surface area contributed by atoms with Gasteiger partial charge in [-0.15, -0.1) is 0 Å². The van der Waals surface area contributed by atoms with Crippen LogP contribution in [0, 0.1) is 0 Å². The van der Waals surface area contributed by atoms with Crippen LogP contribution >= 0.6 is 0 Å². The fraction of sp³-hybridized carbons (Fsp3) is 0. The first-order valence-corrected chi connectivity index (χ1v) is 14.3. The van der Waals surface area contributed by atoms with E-state index in [1.54, 1.807) is 0 Å². The van der Waals surface area contributed by atoms with Crippen molar-refractivity contribution in [3.63, 3.8) is 0 Å². The molecule has 0 spiro atoms. The fourth-order valence-electron chi connectivity index (χ4n) is 5.62. The minimum Gasteiger partial charge on any atom is -0.456 e. The van der Waals surface area contributed by atoms with Crippen molar-refractivity contribution in [3.05, 3.63) is 152 Å². The maximum atomic E-state index is 6.39. The Bertz CT molecular complexity index is 2210. The summed E-state index contributed by atoms with van der Waals surface area (Å²) in [7, 11) is 0. The van der Waals surface area contributed by atoms with Crippen LogP contribution in [0.2, 0.25) is 0 Å². The molecule has 0 radical (unpaired) electrons. The van der Waals surface area contributed by atoms with Crippen LogP contribution in [0.3, 0.4) is 0 Å². The molecule has 6 aromatic carbocycles. The molecule has 0 aliphatic rings. The predicted octanol–water partition coefficient (Wildman–Crippen LogP) is 10.1. The Labute approximate surface area is 249 Å². The van der Waals surface area contributed by atoms with E-state index < -0.39 is 0 Å². The molecule has 0 bridgehead atoms. The van der Waals surface area contributed by atoms with E-state index in [9.17, 15) is 0 Å². The summed E-state index contributed by atoms with van der Waals surface area (Å²) >= 11 is 0. The second-order valence-corrected chi connectivity index (χ2v) is 10.5. The zero-order chi connectivity index (χ0) is 28.6. The summed E-state index contributed by atoms with van der Waals surface area (Å²) in [5, 5.41) is 2.17. The van der Waals surface area contributed by atoms with Gasteiger partial charge < -0.3 is 4.42 Å². The van der Waals surface area contributed by atoms with E-state index >= 15 is 0 Å². The molecule has 2 heterocycles. The average Bonchev–Trinajstić information content (AvgIpc) is 3.48. The van der Waals surface area contributed by atoms with E-state index in [4.69, 9.17) is 19.4 Å². The normalized spacial score (nSPS) is 11.3. The lowest BCUT2D eigenvalue weighted by Gasteiger charge is -2.11. The first kappa shape index (κ1) is 24.9. The number of hydrogen-bond donors (Lipinski definition) is 0. The van der Waals surface area contributed by atoms with Gasteiger partial charge in [0.1, 0.15) is 11.2 Å². The topological polar surface area (TPSA) is 51.8 Å². The quantitative estimate of drug-likeness (QED) is 0.214. The zero-order valence-corrected chi connectivity index (χ0v) is 23.2. The molecule has 4 heteroatoms. The third-order valence-electron chi connectivity index (χ3n) is 7.74. The van der Waals surface area contributed by atoms with Crippen molar-refractivity contribution in [1.29, 1.82) is 0 Å². The lowest BCUT2D eigenvalue weighted by molar-refractivity contribution is 0.669. The number of rotatable bonds is 5. The minimum atomic E-state index is 0.593. The van der Waals surface area contributed by atoms with Crippen LogP contribution in [0.25, 0.3) is 78.4 Å². The maximum absolute atomic E-state index is 6.39. The minimum absolute atomic E-state index is 0.593. The van der Waals surface area contributed by atoms with Crippen molar-refractivity contribution in [3.8, 4) is 56.4 Å². The molecule has 0 aliphatic heterocycles. The standard InChI is InChI=1S/C39H25N3O/c1-4-12-26(13-5-1)27-20-22-30(23-21-27)38-40-37(29-16-8-3-9-17-29)41-39(42-38)31-24-33(28-14-6-2-7-15-28)36-32-18-10-11-19-34(32)43-35(36)25-31/h1-25H. The highest BCUT2D eigenvalue weighted by molar-refractivity contribution is 6.13. The first-order chi connectivity index (χ1) is 21.3. The Morgan fingerprint density at radius 2 is 0.814 bits per heavy atom. The summed E-state index contributed by atoms with van der Waals surface area (Å²) in [6, 6.07) is 51.6. The molecule has 4 nitrogen and oxygen atoms in total. The first-order valence-electron chi connectivity index (χ1n) is 14.3. The molecule has 8 aromatic rings. The Hall–Kier alpha value is -5.87. The number of para-hydroxylation sites is 1. The van der Waals surface area contributed by atoms with Crippen molar-refractivity contribution >= 4 is 21.9 Å². The smallest absolute Gasteiger partial charge is 0.164 e. The lowest BCUT2D eigenvalue weighted by atomic mass is 9.97. The van der Waals surface area contributed by atoms with Crippen LogP contribution in [0.1, 0.15) is 0 Å². The molecule has 0 amide bonds. The van der Waals surface area contributed by atoms with Crippen LogP contribution in [-0.4, -0.2) is 15.0 Å². The fourth-order valence-corrected chi connectivity index (χ4v) is 5.62. The SMILES string of the molecule is c1ccc(-c2ccc(-c3nc(-c4ccccc4)nc(-c4cc(-c5ccccc5)c5c(c4)oc4ccccc45)n3)cc2)cc1. The Morgan fingerprint density at radius 1 is 0.349 bits per heavy atom. The Morgan fingerprint density at radius 3 is 1.47 bits per heavy atom. The van der Waals surface area contributed by atoms with Gasteiger partial charge in [-0.3, -0.25) is 0 Å². The van der Waals surface area contributed by atoms with E-state index in [-0.39, 0.29) is 0 Å². The van der Waals surface area contributed by atoms with Gasteiger partial charge >= 0.3 is 0 Å². The monoisotopic (exact) mass is 551 g/mol. The molecule has 0 fully saturated rings. The maximum Gasteiger partial charge on any atom is 0.164 e. The zero-order valence-electron chi connectivity index (χ0n) is 23.2. The number of benzene rings is 6. The van der Waals surface area contributed by atoms with Gasteiger partial charge in [0.2, 0.25) is 0 Å². The van der Waals surface area contributed by atoms with Crippen molar-refractivity contribution < 1.29 is 4.42 Å². The van der Waals surface area contributed by atoms with Crippen LogP contribution in [0.4, 0.5) is 0 Å². The van der Waals surface area contributed by atoms with Gasteiger partial charge in [0.25, 0.3) is 0 Å². The van der Waals surface area contributed by atoms with Gasteiger partial charge in [0.05, 0.1) is 0 Å². The highest BCUT2D eigenvalue weighted by Gasteiger charge is 2.18. The Balaban J connectivity index is 1.33. The molecule has 202 valence electrons. The number of aromatic nitrogens is 3. The average molecular weight is 552 g/mol. The summed E-state index contributed by atoms with van der Waals surface area (Å²) in [5.41, 5.74) is 8.87. The third kappa shape index (κ3) is 4.65. The highest BCUT2D eigenvalue weighted by atomic mass is 16.3. The largest absolute Gasteiger partial charge is 0.456 e. The number of furan rings is 1. The van der Waals surface area contributed by atoms with E-state index in [1.165, 1.54) is 5.56 Å². The van der Waals surface area contributed by atoms with Crippen molar-refractivity contribution in [2.75, 3.05) is 0 Å². The van der Waals surface area contributed by atoms with Gasteiger partial charge in [-0.25, -0.2) is 15.0 Å². The highest BCUT2D eigenvalue weighted by Crippen LogP contribution is 2.40. The van der Waals surface area contributed by atoms with E-state index in [1.807, 2.05) is 66.7 Å². The molecule has 2 aromatic heterocycles. The summed E-state index contributed by atoms with van der Waals surface area (Å²) in [5.74, 6) is 1.84. The molecule has 0 saturated heterocycles. The van der Waals surface area contributed by atoms with E-state index in [0.717, 1.165) is 55.3 Å². The molecule has 0 N–H and O–H groups in total. The second kappa shape index (κ2) is 10.5. The van der Waals surface area contributed by atoms with Gasteiger partial charge in [0.15, 0.2) is 17.5 Å². The molecular formula is C39H25N3O. The Kier molecular flexibility index (Phi) is 6.08. The summed E-state index contributed by atoms with van der Waals surface area (Å²) in [6.07, 6.45) is 0. The van der Waals surface area contributed by atoms with Crippen molar-refractivity contribution in [2.24, 2.45) is 0 Å².